The molecule has 0 aromatic heterocycles. The topological polar surface area (TPSA) is 18.5 Å². The van der Waals surface area contributed by atoms with E-state index in [1.165, 1.54) is 10.5 Å². The highest BCUT2D eigenvalue weighted by Crippen LogP contribution is 2.25. The lowest BCUT2D eigenvalue weighted by Crippen LogP contribution is -1.85. The third-order valence-corrected chi connectivity index (χ3v) is 3.71. The standard InChI is InChI=1S/C15H16O2S/c1-16-13-5-3-12(4-6-13)11-18-15-9-7-14(17-2)8-10-15/h3-10H,11H2,1-2H3. The lowest BCUT2D eigenvalue weighted by molar-refractivity contribution is 0.414. The Hall–Kier alpha value is -1.61. The summed E-state index contributed by atoms with van der Waals surface area (Å²) in [5.41, 5.74) is 1.29. The zero-order chi connectivity index (χ0) is 12.8. The molecule has 2 aromatic rings. The molecule has 0 aliphatic heterocycles. The van der Waals surface area contributed by atoms with Gasteiger partial charge in [-0.05, 0) is 42.0 Å². The molecule has 0 atom stereocenters. The highest BCUT2D eigenvalue weighted by atomic mass is 32.2. The highest BCUT2D eigenvalue weighted by molar-refractivity contribution is 7.98. The summed E-state index contributed by atoms with van der Waals surface area (Å²) in [5.74, 6) is 2.74. The van der Waals surface area contributed by atoms with Gasteiger partial charge in [0, 0.05) is 10.6 Å². The summed E-state index contributed by atoms with van der Waals surface area (Å²) in [6, 6.07) is 16.3. The quantitative estimate of drug-likeness (QED) is 0.757. The van der Waals surface area contributed by atoms with Gasteiger partial charge in [-0.15, -0.1) is 11.8 Å². The SMILES string of the molecule is COc1ccc(CSc2ccc(OC)cc2)cc1. The van der Waals surface area contributed by atoms with Crippen LogP contribution >= 0.6 is 11.8 Å². The molecule has 0 spiro atoms. The average molecular weight is 260 g/mol. The largest absolute Gasteiger partial charge is 0.497 e. The van der Waals surface area contributed by atoms with Crippen molar-refractivity contribution in [2.45, 2.75) is 10.6 Å². The van der Waals surface area contributed by atoms with E-state index in [0.717, 1.165) is 17.3 Å². The first-order valence-corrected chi connectivity index (χ1v) is 6.70. The molecular formula is C15H16O2S. The summed E-state index contributed by atoms with van der Waals surface area (Å²) in [7, 11) is 3.36. The van der Waals surface area contributed by atoms with Crippen LogP contribution in [0.5, 0.6) is 11.5 Å². The molecule has 0 bridgehead atoms. The Morgan fingerprint density at radius 3 is 1.78 bits per heavy atom. The first-order valence-electron chi connectivity index (χ1n) is 5.71. The maximum Gasteiger partial charge on any atom is 0.118 e. The van der Waals surface area contributed by atoms with Crippen LogP contribution in [0.1, 0.15) is 5.56 Å². The van der Waals surface area contributed by atoms with E-state index in [1.54, 1.807) is 14.2 Å². The van der Waals surface area contributed by atoms with Crippen LogP contribution < -0.4 is 9.47 Å². The van der Waals surface area contributed by atoms with Gasteiger partial charge in [-0.2, -0.15) is 0 Å². The summed E-state index contributed by atoms with van der Waals surface area (Å²) in [5, 5.41) is 0. The van der Waals surface area contributed by atoms with Gasteiger partial charge in [-0.25, -0.2) is 0 Å². The van der Waals surface area contributed by atoms with Crippen LogP contribution in [0.15, 0.2) is 53.4 Å². The first-order chi connectivity index (χ1) is 8.81. The number of benzene rings is 2. The van der Waals surface area contributed by atoms with Crippen molar-refractivity contribution in [2.24, 2.45) is 0 Å². The molecule has 0 saturated carbocycles. The molecule has 0 saturated heterocycles. The van der Waals surface area contributed by atoms with E-state index in [0.29, 0.717) is 0 Å². The highest BCUT2D eigenvalue weighted by Gasteiger charge is 1.98. The summed E-state index contributed by atoms with van der Waals surface area (Å²) >= 11 is 1.81. The maximum absolute atomic E-state index is 5.14. The lowest BCUT2D eigenvalue weighted by atomic mass is 10.2. The Morgan fingerprint density at radius 2 is 1.28 bits per heavy atom. The van der Waals surface area contributed by atoms with E-state index in [1.807, 2.05) is 36.0 Å². The van der Waals surface area contributed by atoms with Crippen molar-refractivity contribution in [3.05, 3.63) is 54.1 Å². The molecule has 0 aliphatic carbocycles. The fourth-order valence-electron chi connectivity index (χ4n) is 1.56. The summed E-state index contributed by atoms with van der Waals surface area (Å²) in [4.78, 5) is 1.24. The Balaban J connectivity index is 1.93. The average Bonchev–Trinajstić information content (AvgIpc) is 2.46. The predicted octanol–water partition coefficient (Wildman–Crippen LogP) is 4.00. The lowest BCUT2D eigenvalue weighted by Gasteiger charge is -2.05. The van der Waals surface area contributed by atoms with Gasteiger partial charge in [0.2, 0.25) is 0 Å². The third-order valence-electron chi connectivity index (χ3n) is 2.62. The van der Waals surface area contributed by atoms with Gasteiger partial charge in [0.05, 0.1) is 14.2 Å². The Labute approximate surface area is 112 Å². The normalized spacial score (nSPS) is 10.1. The number of hydrogen-bond acceptors (Lipinski definition) is 3. The van der Waals surface area contributed by atoms with Crippen molar-refractivity contribution in [2.75, 3.05) is 14.2 Å². The van der Waals surface area contributed by atoms with Gasteiger partial charge >= 0.3 is 0 Å². The van der Waals surface area contributed by atoms with Gasteiger partial charge in [0.1, 0.15) is 11.5 Å². The first kappa shape index (κ1) is 12.8. The summed E-state index contributed by atoms with van der Waals surface area (Å²) in [6.45, 7) is 0. The smallest absolute Gasteiger partial charge is 0.118 e. The van der Waals surface area contributed by atoms with Crippen molar-refractivity contribution in [1.29, 1.82) is 0 Å². The van der Waals surface area contributed by atoms with E-state index in [2.05, 4.69) is 24.3 Å². The molecule has 0 radical (unpaired) electrons. The predicted molar refractivity (Wildman–Crippen MR) is 75.5 cm³/mol. The van der Waals surface area contributed by atoms with Crippen LogP contribution in [0, 0.1) is 0 Å². The van der Waals surface area contributed by atoms with Crippen LogP contribution in [-0.2, 0) is 5.75 Å². The molecule has 0 fully saturated rings. The Kier molecular flexibility index (Phi) is 4.53. The summed E-state index contributed by atoms with van der Waals surface area (Å²) < 4.78 is 10.3. The number of hydrogen-bond donors (Lipinski definition) is 0. The molecule has 0 aliphatic rings. The molecular weight excluding hydrogens is 244 g/mol. The van der Waals surface area contributed by atoms with Crippen molar-refractivity contribution in [3.8, 4) is 11.5 Å². The van der Waals surface area contributed by atoms with Crippen LogP contribution in [0.2, 0.25) is 0 Å². The van der Waals surface area contributed by atoms with Crippen molar-refractivity contribution in [1.82, 2.24) is 0 Å². The van der Waals surface area contributed by atoms with Gasteiger partial charge < -0.3 is 9.47 Å². The third kappa shape index (κ3) is 3.44. The number of methoxy groups -OCH3 is 2. The number of thioether (sulfide) groups is 1. The van der Waals surface area contributed by atoms with Gasteiger partial charge in [0.25, 0.3) is 0 Å². The Bertz CT molecular complexity index is 429. The fourth-order valence-corrected chi connectivity index (χ4v) is 2.41. The molecule has 2 nitrogen and oxygen atoms in total. The molecule has 18 heavy (non-hydrogen) atoms. The minimum atomic E-state index is 0.892. The zero-order valence-electron chi connectivity index (χ0n) is 10.6. The molecule has 0 amide bonds. The van der Waals surface area contributed by atoms with E-state index in [4.69, 9.17) is 9.47 Å². The van der Waals surface area contributed by atoms with Crippen molar-refractivity contribution in [3.63, 3.8) is 0 Å². The van der Waals surface area contributed by atoms with Crippen LogP contribution in [0.3, 0.4) is 0 Å². The molecule has 0 N–H and O–H groups in total. The molecule has 0 heterocycles. The van der Waals surface area contributed by atoms with Crippen LogP contribution in [0.4, 0.5) is 0 Å². The molecule has 0 unspecified atom stereocenters. The Morgan fingerprint density at radius 1 is 0.778 bits per heavy atom. The van der Waals surface area contributed by atoms with Gasteiger partial charge in [0.15, 0.2) is 0 Å². The molecule has 2 aromatic carbocycles. The van der Waals surface area contributed by atoms with Crippen molar-refractivity contribution < 1.29 is 9.47 Å². The minimum absolute atomic E-state index is 0.892. The van der Waals surface area contributed by atoms with Gasteiger partial charge in [-0.3, -0.25) is 0 Å². The van der Waals surface area contributed by atoms with E-state index in [9.17, 15) is 0 Å². The second-order valence-electron chi connectivity index (χ2n) is 3.81. The molecule has 94 valence electrons. The van der Waals surface area contributed by atoms with Crippen LogP contribution in [-0.4, -0.2) is 14.2 Å². The minimum Gasteiger partial charge on any atom is -0.497 e. The molecule has 2 rings (SSSR count). The van der Waals surface area contributed by atoms with Crippen LogP contribution in [0.25, 0.3) is 0 Å². The van der Waals surface area contributed by atoms with E-state index < -0.39 is 0 Å². The summed E-state index contributed by atoms with van der Waals surface area (Å²) in [6.07, 6.45) is 0. The van der Waals surface area contributed by atoms with Gasteiger partial charge in [-0.1, -0.05) is 12.1 Å². The fraction of sp³-hybridized carbons (Fsp3) is 0.200. The maximum atomic E-state index is 5.14. The monoisotopic (exact) mass is 260 g/mol. The zero-order valence-corrected chi connectivity index (χ0v) is 11.4. The second kappa shape index (κ2) is 6.36. The second-order valence-corrected chi connectivity index (χ2v) is 4.86. The van der Waals surface area contributed by atoms with E-state index in [-0.39, 0.29) is 0 Å². The molecule has 3 heteroatoms. The number of rotatable bonds is 5. The van der Waals surface area contributed by atoms with E-state index >= 15 is 0 Å². The van der Waals surface area contributed by atoms with Crippen molar-refractivity contribution >= 4 is 11.8 Å². The number of ether oxygens (including phenoxy) is 2.